The predicted octanol–water partition coefficient (Wildman–Crippen LogP) is 4.02. The molecule has 2 amide bonds. The lowest BCUT2D eigenvalue weighted by molar-refractivity contribution is -0.142. The normalized spacial score (nSPS) is 19.4. The second kappa shape index (κ2) is 16.3. The summed E-state index contributed by atoms with van der Waals surface area (Å²) in [4.78, 5) is 41.4. The third-order valence-electron chi connectivity index (χ3n) is 7.99. The molecule has 1 aliphatic heterocycles. The van der Waals surface area contributed by atoms with Crippen LogP contribution in [0.5, 0.6) is 5.75 Å². The van der Waals surface area contributed by atoms with Gasteiger partial charge in [0.2, 0.25) is 11.8 Å². The van der Waals surface area contributed by atoms with Gasteiger partial charge in [0, 0.05) is 38.2 Å². The molecule has 3 atom stereocenters. The average Bonchev–Trinajstić information content (AvgIpc) is 2.89. The Morgan fingerprint density at radius 2 is 1.78 bits per heavy atom. The summed E-state index contributed by atoms with van der Waals surface area (Å²) in [6, 6.07) is 16.0. The zero-order valence-corrected chi connectivity index (χ0v) is 25.3. The Balaban J connectivity index is 0.00000420. The fraction of sp³-hybridized carbons (Fsp3) is 0.516. The van der Waals surface area contributed by atoms with Crippen LogP contribution in [0.1, 0.15) is 58.9 Å². The molecule has 2 aromatic rings. The fourth-order valence-corrected chi connectivity index (χ4v) is 5.37. The summed E-state index contributed by atoms with van der Waals surface area (Å²) in [6.45, 7) is 11.2. The first-order valence-electron chi connectivity index (χ1n) is 13.9. The Morgan fingerprint density at radius 1 is 1.10 bits per heavy atom. The maximum atomic E-state index is 13.3. The van der Waals surface area contributed by atoms with E-state index in [0.717, 1.165) is 30.8 Å². The van der Waals surface area contributed by atoms with Crippen LogP contribution in [0.15, 0.2) is 54.6 Å². The number of halogens is 1. The molecule has 1 saturated heterocycles. The predicted molar refractivity (Wildman–Crippen MR) is 164 cm³/mol. The molecule has 3 unspecified atom stereocenters. The number of aromatic hydroxyl groups is 1. The molecule has 0 spiro atoms. The molecule has 1 heterocycles. The van der Waals surface area contributed by atoms with Gasteiger partial charge in [0.05, 0.1) is 0 Å². The number of phenolic OH excluding ortho intramolecular Hbond substituents is 1. The topological polar surface area (TPSA) is 142 Å². The van der Waals surface area contributed by atoms with E-state index in [1.54, 1.807) is 11.0 Å². The van der Waals surface area contributed by atoms with E-state index in [1.807, 2.05) is 56.3 Å². The van der Waals surface area contributed by atoms with Crippen molar-refractivity contribution in [2.45, 2.75) is 64.8 Å². The van der Waals surface area contributed by atoms with E-state index in [0.29, 0.717) is 25.4 Å². The molecule has 0 aromatic heterocycles. The van der Waals surface area contributed by atoms with Gasteiger partial charge in [-0.1, -0.05) is 58.0 Å². The van der Waals surface area contributed by atoms with Crippen LogP contribution in [-0.4, -0.2) is 70.6 Å². The zero-order valence-electron chi connectivity index (χ0n) is 24.5. The number of anilines is 1. The molecular weight excluding hydrogens is 546 g/mol. The number of carboxylic acid groups (broad SMARTS) is 1. The molecule has 228 valence electrons. The van der Waals surface area contributed by atoms with Gasteiger partial charge in [-0.2, -0.15) is 0 Å². The van der Waals surface area contributed by atoms with Gasteiger partial charge in [0.1, 0.15) is 11.8 Å². The van der Waals surface area contributed by atoms with E-state index in [4.69, 9.17) is 0 Å². The Hall–Kier alpha value is -3.14. The standard InChI is InChI=1S/C31H43N3O5.ClH.H2O/c1-22(2)19-27(30(38)39)32-28(36)13-14-29(37)34(25-10-6-5-7-11-25)18-17-33-16-15-31(4,23(3)21-33)24-9-8-12-26(35)20-24;;/h5-12,20,22-23,27,35H,13-19,21H2,1-4H3,(H,32,36)(H,38,39);1H;1H2. The molecule has 0 aliphatic carbocycles. The number of carbonyl (C=O) groups is 3. The van der Waals surface area contributed by atoms with Gasteiger partial charge in [0.15, 0.2) is 0 Å². The molecule has 1 fully saturated rings. The van der Waals surface area contributed by atoms with Crippen molar-refractivity contribution in [1.29, 1.82) is 0 Å². The highest BCUT2D eigenvalue weighted by atomic mass is 35.5. The molecule has 0 saturated carbocycles. The van der Waals surface area contributed by atoms with E-state index in [9.17, 15) is 24.6 Å². The van der Waals surface area contributed by atoms with Crippen molar-refractivity contribution >= 4 is 35.9 Å². The SMILES string of the molecule is CC(C)CC(NC(=O)CCC(=O)N(CCN1CCC(C)(c2cccc(O)c2)C(C)C1)c1ccccc1)C(=O)O.Cl.O. The summed E-state index contributed by atoms with van der Waals surface area (Å²) in [5, 5.41) is 21.9. The first-order valence-corrected chi connectivity index (χ1v) is 13.9. The van der Waals surface area contributed by atoms with E-state index >= 15 is 0 Å². The molecule has 2 aromatic carbocycles. The number of hydrogen-bond donors (Lipinski definition) is 3. The van der Waals surface area contributed by atoms with Crippen LogP contribution in [0.2, 0.25) is 0 Å². The molecule has 10 heteroatoms. The number of hydrogen-bond acceptors (Lipinski definition) is 5. The number of aliphatic carboxylic acids is 1. The average molecular weight is 592 g/mol. The number of carbonyl (C=O) groups excluding carboxylic acids is 2. The van der Waals surface area contributed by atoms with Gasteiger partial charge in [-0.15, -0.1) is 12.4 Å². The van der Waals surface area contributed by atoms with Crippen molar-refractivity contribution in [2.24, 2.45) is 11.8 Å². The molecule has 0 bridgehead atoms. The first-order chi connectivity index (χ1) is 18.5. The largest absolute Gasteiger partial charge is 0.508 e. The molecule has 5 N–H and O–H groups in total. The van der Waals surface area contributed by atoms with Crippen LogP contribution in [0.25, 0.3) is 0 Å². The van der Waals surface area contributed by atoms with Crippen LogP contribution in [0.4, 0.5) is 5.69 Å². The maximum Gasteiger partial charge on any atom is 0.326 e. The molecule has 41 heavy (non-hydrogen) atoms. The Morgan fingerprint density at radius 3 is 2.37 bits per heavy atom. The lowest BCUT2D eigenvalue weighted by atomic mass is 9.68. The minimum absolute atomic E-state index is 0. The highest BCUT2D eigenvalue weighted by Gasteiger charge is 2.38. The highest BCUT2D eigenvalue weighted by molar-refractivity contribution is 5.95. The summed E-state index contributed by atoms with van der Waals surface area (Å²) >= 11 is 0. The number of nitrogens with zero attached hydrogens (tertiary/aromatic N) is 2. The second-order valence-electron chi connectivity index (χ2n) is 11.4. The lowest BCUT2D eigenvalue weighted by Gasteiger charge is -2.45. The number of likely N-dealkylation sites (tertiary alicyclic amines) is 1. The Labute approximate surface area is 249 Å². The van der Waals surface area contributed by atoms with Crippen LogP contribution in [-0.2, 0) is 19.8 Å². The van der Waals surface area contributed by atoms with Gasteiger partial charge < -0.3 is 30.8 Å². The number of piperidine rings is 1. The highest BCUT2D eigenvalue weighted by Crippen LogP contribution is 2.40. The maximum absolute atomic E-state index is 13.3. The number of para-hydroxylation sites is 1. The van der Waals surface area contributed by atoms with Crippen LogP contribution in [0, 0.1) is 11.8 Å². The van der Waals surface area contributed by atoms with Gasteiger partial charge in [-0.05, 0) is 66.5 Å². The molecule has 1 aliphatic rings. The third kappa shape index (κ3) is 10.0. The number of rotatable bonds is 12. The number of benzene rings is 2. The van der Waals surface area contributed by atoms with Crippen LogP contribution >= 0.6 is 12.4 Å². The number of nitrogens with one attached hydrogen (secondary N) is 1. The van der Waals surface area contributed by atoms with Gasteiger partial charge >= 0.3 is 5.97 Å². The lowest BCUT2D eigenvalue weighted by Crippen LogP contribution is -2.49. The van der Waals surface area contributed by atoms with Crippen LogP contribution < -0.4 is 10.2 Å². The van der Waals surface area contributed by atoms with E-state index in [1.165, 1.54) is 0 Å². The van der Waals surface area contributed by atoms with Crippen molar-refractivity contribution in [2.75, 3.05) is 31.1 Å². The molecule has 3 rings (SSSR count). The second-order valence-corrected chi connectivity index (χ2v) is 11.4. The number of amides is 2. The minimum Gasteiger partial charge on any atom is -0.508 e. The summed E-state index contributed by atoms with van der Waals surface area (Å²) in [7, 11) is 0. The van der Waals surface area contributed by atoms with Gasteiger partial charge in [-0.25, -0.2) is 4.79 Å². The summed E-state index contributed by atoms with van der Waals surface area (Å²) in [5.74, 6) is -0.901. The number of phenols is 1. The van der Waals surface area contributed by atoms with Gasteiger partial charge in [-0.3, -0.25) is 9.59 Å². The third-order valence-corrected chi connectivity index (χ3v) is 7.99. The zero-order chi connectivity index (χ0) is 28.6. The molecule has 0 radical (unpaired) electrons. The quantitative estimate of drug-likeness (QED) is 0.340. The Bertz CT molecular complexity index is 1130. The van der Waals surface area contributed by atoms with Crippen molar-refractivity contribution in [3.63, 3.8) is 0 Å². The van der Waals surface area contributed by atoms with E-state index in [-0.39, 0.29) is 53.7 Å². The van der Waals surface area contributed by atoms with E-state index < -0.39 is 17.9 Å². The van der Waals surface area contributed by atoms with Crippen molar-refractivity contribution in [3.8, 4) is 5.75 Å². The van der Waals surface area contributed by atoms with Crippen LogP contribution in [0.3, 0.4) is 0 Å². The summed E-state index contributed by atoms with van der Waals surface area (Å²) < 4.78 is 0. The minimum atomic E-state index is -1.06. The van der Waals surface area contributed by atoms with Crippen molar-refractivity contribution in [3.05, 3.63) is 60.2 Å². The summed E-state index contributed by atoms with van der Waals surface area (Å²) in [6.07, 6.45) is 1.22. The summed E-state index contributed by atoms with van der Waals surface area (Å²) in [5.41, 5.74) is 1.88. The monoisotopic (exact) mass is 591 g/mol. The van der Waals surface area contributed by atoms with Crippen molar-refractivity contribution < 1.29 is 30.1 Å². The molecular formula is C31H46ClN3O6. The smallest absolute Gasteiger partial charge is 0.326 e. The first kappa shape index (κ1) is 35.9. The Kier molecular flexibility index (Phi) is 14.3. The van der Waals surface area contributed by atoms with Crippen molar-refractivity contribution in [1.82, 2.24) is 10.2 Å². The number of carboxylic acids is 1. The fourth-order valence-electron chi connectivity index (χ4n) is 5.37. The molecule has 9 nitrogen and oxygen atoms in total. The van der Waals surface area contributed by atoms with Gasteiger partial charge in [0.25, 0.3) is 0 Å². The van der Waals surface area contributed by atoms with E-state index in [2.05, 4.69) is 30.1 Å².